The van der Waals surface area contributed by atoms with Crippen LogP contribution in [-0.4, -0.2) is 8.42 Å². The normalized spacial score (nSPS) is 11.7. The van der Waals surface area contributed by atoms with E-state index >= 15 is 0 Å². The van der Waals surface area contributed by atoms with Gasteiger partial charge in [-0.1, -0.05) is 0 Å². The van der Waals surface area contributed by atoms with Crippen LogP contribution in [0.15, 0.2) is 21.5 Å². The maximum absolute atomic E-state index is 12.8. The standard InChI is InChI=1S/C6H3BrF2NO2S/c7-3-1-5(9)6(2-4(3)8)13(10,11)12/h1-2,10H. The molecule has 1 N–H and O–H groups in total. The lowest BCUT2D eigenvalue weighted by Gasteiger charge is -2.00. The number of rotatable bonds is 1. The Kier molecular flexibility index (Phi) is 2.69. The van der Waals surface area contributed by atoms with E-state index in [1.54, 1.807) is 0 Å². The Balaban J connectivity index is 3.50. The number of hydrogen-bond donors (Lipinski definition) is 0. The fraction of sp³-hybridized carbons (Fsp3) is 0. The van der Waals surface area contributed by atoms with E-state index in [1.807, 2.05) is 0 Å². The van der Waals surface area contributed by atoms with E-state index in [0.29, 0.717) is 12.1 Å². The van der Waals surface area contributed by atoms with Crippen LogP contribution < -0.4 is 5.14 Å². The lowest BCUT2D eigenvalue weighted by molar-refractivity contribution is 0.550. The summed E-state index contributed by atoms with van der Waals surface area (Å²) < 4.78 is 46.5. The molecule has 71 valence electrons. The van der Waals surface area contributed by atoms with Crippen molar-refractivity contribution in [2.75, 3.05) is 0 Å². The van der Waals surface area contributed by atoms with Gasteiger partial charge in [0, 0.05) is 0 Å². The quantitative estimate of drug-likeness (QED) is 0.730. The first-order valence-electron chi connectivity index (χ1n) is 2.96. The minimum absolute atomic E-state index is 0.183. The van der Waals surface area contributed by atoms with Crippen LogP contribution in [0.25, 0.3) is 0 Å². The van der Waals surface area contributed by atoms with Gasteiger partial charge in [-0.25, -0.2) is 17.2 Å². The van der Waals surface area contributed by atoms with Gasteiger partial charge in [-0.05, 0) is 28.1 Å². The molecule has 7 heteroatoms. The van der Waals surface area contributed by atoms with Crippen molar-refractivity contribution >= 4 is 26.0 Å². The molecule has 0 aliphatic heterocycles. The average Bonchev–Trinajstić information content (AvgIpc) is 1.94. The Hall–Kier alpha value is -0.530. The minimum Gasteiger partial charge on any atom is -0.206 e. The maximum Gasteiger partial charge on any atom is 0.257 e. The van der Waals surface area contributed by atoms with Crippen LogP contribution in [0.4, 0.5) is 8.78 Å². The molecule has 0 amide bonds. The van der Waals surface area contributed by atoms with Crippen LogP contribution in [0, 0.1) is 11.6 Å². The molecular weight excluding hydrogens is 268 g/mol. The number of nitrogens with one attached hydrogen (secondary N) is 1. The zero-order valence-electron chi connectivity index (χ0n) is 6.01. The molecular formula is C6H3BrF2NO2S. The fourth-order valence-corrected chi connectivity index (χ4v) is 1.60. The molecule has 3 nitrogen and oxygen atoms in total. The lowest BCUT2D eigenvalue weighted by Crippen LogP contribution is -2.04. The Labute approximate surface area is 81.7 Å². The van der Waals surface area contributed by atoms with Crippen molar-refractivity contribution in [3.8, 4) is 0 Å². The van der Waals surface area contributed by atoms with E-state index < -0.39 is 26.6 Å². The van der Waals surface area contributed by atoms with Gasteiger partial charge in [-0.3, -0.25) is 0 Å². The van der Waals surface area contributed by atoms with Crippen LogP contribution in [0.2, 0.25) is 0 Å². The fourth-order valence-electron chi connectivity index (χ4n) is 0.710. The topological polar surface area (TPSA) is 57.9 Å². The number of halogens is 3. The summed E-state index contributed by atoms with van der Waals surface area (Å²) in [5, 5.41) is 6.53. The van der Waals surface area contributed by atoms with E-state index in [4.69, 9.17) is 5.14 Å². The van der Waals surface area contributed by atoms with Crippen LogP contribution in [0.1, 0.15) is 0 Å². The molecule has 0 heterocycles. The zero-order valence-corrected chi connectivity index (χ0v) is 8.42. The molecule has 1 aromatic rings. The number of hydrogen-bond acceptors (Lipinski definition) is 2. The third-order valence-corrected chi connectivity index (χ3v) is 2.76. The molecule has 0 atom stereocenters. The second-order valence-electron chi connectivity index (χ2n) is 2.20. The van der Waals surface area contributed by atoms with Crippen molar-refractivity contribution in [3.63, 3.8) is 0 Å². The molecule has 0 saturated carbocycles. The van der Waals surface area contributed by atoms with E-state index in [2.05, 4.69) is 15.9 Å². The van der Waals surface area contributed by atoms with Crippen molar-refractivity contribution in [2.24, 2.45) is 0 Å². The summed E-state index contributed by atoms with van der Waals surface area (Å²) in [7, 11) is -4.46. The largest absolute Gasteiger partial charge is 0.257 e. The van der Waals surface area contributed by atoms with Gasteiger partial charge in [0.15, 0.2) is 0 Å². The Bertz CT molecular complexity index is 446. The van der Waals surface area contributed by atoms with Gasteiger partial charge in [-0.15, -0.1) is 5.14 Å². The zero-order chi connectivity index (χ0) is 10.2. The highest BCUT2D eigenvalue weighted by molar-refractivity contribution is 9.10. The Morgan fingerprint density at radius 2 is 1.77 bits per heavy atom. The molecule has 1 rings (SSSR count). The summed E-state index contributed by atoms with van der Waals surface area (Å²) in [5.41, 5.74) is 0. The summed E-state index contributed by atoms with van der Waals surface area (Å²) in [6, 6.07) is 1.12. The van der Waals surface area contributed by atoms with Crippen molar-refractivity contribution < 1.29 is 17.2 Å². The number of sulfonamides is 1. The van der Waals surface area contributed by atoms with Gasteiger partial charge < -0.3 is 0 Å². The first kappa shape index (κ1) is 10.6. The molecule has 13 heavy (non-hydrogen) atoms. The molecule has 0 aliphatic rings. The predicted molar refractivity (Wildman–Crippen MR) is 44.3 cm³/mol. The van der Waals surface area contributed by atoms with E-state index in [0.717, 1.165) is 0 Å². The van der Waals surface area contributed by atoms with Crippen LogP contribution in [-0.2, 0) is 10.0 Å². The summed E-state index contributed by atoms with van der Waals surface area (Å²) in [5.74, 6) is -2.07. The Morgan fingerprint density at radius 3 is 2.23 bits per heavy atom. The van der Waals surface area contributed by atoms with Gasteiger partial charge in [0.1, 0.15) is 16.5 Å². The van der Waals surface area contributed by atoms with Crippen LogP contribution in [0.3, 0.4) is 0 Å². The molecule has 0 spiro atoms. The average molecular weight is 271 g/mol. The minimum atomic E-state index is -4.46. The van der Waals surface area contributed by atoms with Gasteiger partial charge in [0.2, 0.25) is 0 Å². The summed E-state index contributed by atoms with van der Waals surface area (Å²) >= 11 is 2.68. The highest BCUT2D eigenvalue weighted by atomic mass is 79.9. The highest BCUT2D eigenvalue weighted by Crippen LogP contribution is 2.22. The molecule has 0 fully saturated rings. The summed E-state index contributed by atoms with van der Waals surface area (Å²) in [6.45, 7) is 0. The third kappa shape index (κ3) is 2.23. The molecule has 0 aromatic heterocycles. The van der Waals surface area contributed by atoms with Gasteiger partial charge >= 0.3 is 0 Å². The lowest BCUT2D eigenvalue weighted by atomic mass is 10.3. The molecule has 0 bridgehead atoms. The van der Waals surface area contributed by atoms with E-state index in [1.165, 1.54) is 0 Å². The molecule has 0 unspecified atom stereocenters. The van der Waals surface area contributed by atoms with Crippen LogP contribution >= 0.6 is 15.9 Å². The van der Waals surface area contributed by atoms with Gasteiger partial charge in [0.05, 0.1) is 4.47 Å². The number of benzene rings is 1. The molecule has 1 aromatic carbocycles. The maximum atomic E-state index is 12.8. The van der Waals surface area contributed by atoms with Crippen molar-refractivity contribution in [2.45, 2.75) is 4.90 Å². The van der Waals surface area contributed by atoms with E-state index in [-0.39, 0.29) is 4.47 Å². The Morgan fingerprint density at radius 1 is 1.23 bits per heavy atom. The first-order valence-corrected chi connectivity index (χ1v) is 5.24. The smallest absolute Gasteiger partial charge is 0.206 e. The van der Waals surface area contributed by atoms with E-state index in [9.17, 15) is 17.2 Å². The van der Waals surface area contributed by atoms with Gasteiger partial charge in [0.25, 0.3) is 10.0 Å². The molecule has 1 radical (unpaired) electrons. The van der Waals surface area contributed by atoms with Crippen molar-refractivity contribution in [3.05, 3.63) is 28.2 Å². The molecule has 0 saturated heterocycles. The third-order valence-electron chi connectivity index (χ3n) is 1.26. The monoisotopic (exact) mass is 270 g/mol. The van der Waals surface area contributed by atoms with Crippen molar-refractivity contribution in [1.82, 2.24) is 5.14 Å². The first-order chi connectivity index (χ1) is 5.82. The summed E-state index contributed by atoms with van der Waals surface area (Å²) in [6.07, 6.45) is 0. The second kappa shape index (κ2) is 3.32. The van der Waals surface area contributed by atoms with Gasteiger partial charge in [-0.2, -0.15) is 0 Å². The SMILES string of the molecule is [NH]S(=O)(=O)c1cc(F)c(Br)cc1F. The second-order valence-corrected chi connectivity index (χ2v) is 4.50. The highest BCUT2D eigenvalue weighted by Gasteiger charge is 2.17. The predicted octanol–water partition coefficient (Wildman–Crippen LogP) is 1.70. The van der Waals surface area contributed by atoms with Crippen molar-refractivity contribution in [1.29, 1.82) is 0 Å². The summed E-state index contributed by atoms with van der Waals surface area (Å²) in [4.78, 5) is -0.965. The molecule has 0 aliphatic carbocycles. The van der Waals surface area contributed by atoms with Crippen LogP contribution in [0.5, 0.6) is 0 Å².